The molecule has 0 radical (unpaired) electrons. The van der Waals surface area contributed by atoms with E-state index >= 15 is 0 Å². The molecular weight excluding hydrogens is 424 g/mol. The third kappa shape index (κ3) is 5.54. The Balaban J connectivity index is 0.00000145. The number of hydrogen-bond acceptors (Lipinski definition) is 8. The van der Waals surface area contributed by atoms with Gasteiger partial charge in [0.2, 0.25) is 10.0 Å². The van der Waals surface area contributed by atoms with Crippen LogP contribution >= 0.6 is 11.3 Å². The maximum Gasteiger partial charge on any atom is 0.259 e. The molecule has 3 aromatic heterocycles. The quantitative estimate of drug-likeness (QED) is 0.538. The molecule has 158 valence electrons. The van der Waals surface area contributed by atoms with Crippen LogP contribution in [0.15, 0.2) is 28.9 Å². The number of halogens is 2. The van der Waals surface area contributed by atoms with Gasteiger partial charge in [-0.2, -0.15) is 0 Å². The fourth-order valence-corrected chi connectivity index (χ4v) is 4.03. The first-order chi connectivity index (χ1) is 13.8. The van der Waals surface area contributed by atoms with Crippen LogP contribution in [-0.4, -0.2) is 34.3 Å². The van der Waals surface area contributed by atoms with Crippen molar-refractivity contribution in [3.63, 3.8) is 0 Å². The lowest BCUT2D eigenvalue weighted by molar-refractivity contribution is 0.301. The van der Waals surface area contributed by atoms with E-state index in [0.717, 1.165) is 27.9 Å². The van der Waals surface area contributed by atoms with Gasteiger partial charge in [-0.05, 0) is 26.0 Å². The Morgan fingerprint density at radius 1 is 1.21 bits per heavy atom. The summed E-state index contributed by atoms with van der Waals surface area (Å²) in [5.41, 5.74) is 0. The maximum absolute atomic E-state index is 13.2. The summed E-state index contributed by atoms with van der Waals surface area (Å²) in [6.07, 6.45) is 0.988. The van der Waals surface area contributed by atoms with E-state index in [0.29, 0.717) is 9.88 Å². The largest absolute Gasteiger partial charge is 0.417 e. The van der Waals surface area contributed by atoms with Crippen molar-refractivity contribution in [1.29, 1.82) is 0 Å². The van der Waals surface area contributed by atoms with Gasteiger partial charge in [0.1, 0.15) is 21.5 Å². The number of thiazole rings is 1. The minimum atomic E-state index is -3.67. The second kappa shape index (κ2) is 9.83. The van der Waals surface area contributed by atoms with Crippen LogP contribution in [0, 0.1) is 5.82 Å². The molecule has 1 atom stereocenters. The zero-order valence-corrected chi connectivity index (χ0v) is 18.0. The van der Waals surface area contributed by atoms with Crippen molar-refractivity contribution in [1.82, 2.24) is 20.2 Å². The summed E-state index contributed by atoms with van der Waals surface area (Å²) < 4.78 is 57.5. The van der Waals surface area contributed by atoms with Gasteiger partial charge in [-0.25, -0.2) is 31.5 Å². The Labute approximate surface area is 171 Å². The molecule has 12 heteroatoms. The molecule has 0 fully saturated rings. The highest BCUT2D eigenvalue weighted by Gasteiger charge is 2.24. The minimum absolute atomic E-state index is 0.0846. The molecule has 3 aromatic rings. The van der Waals surface area contributed by atoms with Crippen molar-refractivity contribution in [2.24, 2.45) is 0 Å². The van der Waals surface area contributed by atoms with Crippen LogP contribution in [0.2, 0.25) is 0 Å². The van der Waals surface area contributed by atoms with Crippen LogP contribution < -0.4 is 4.31 Å². The van der Waals surface area contributed by atoms with Crippen LogP contribution in [-0.2, 0) is 16.6 Å². The van der Waals surface area contributed by atoms with Crippen molar-refractivity contribution in [3.8, 4) is 10.8 Å². The molecule has 29 heavy (non-hydrogen) atoms. The normalized spacial score (nSPS) is 12.2. The molecule has 0 amide bonds. The SMILES string of the molecule is CC.CCS(=O)(=O)N(Cc1ncc(-c2nnc(C(C)F)o2)s1)c1ccc(F)cn1. The Kier molecular flexibility index (Phi) is 7.73. The highest BCUT2D eigenvalue weighted by molar-refractivity contribution is 7.92. The molecule has 0 aliphatic carbocycles. The number of alkyl halides is 1. The Bertz CT molecular complexity index is 1020. The van der Waals surface area contributed by atoms with Gasteiger partial charge in [-0.15, -0.1) is 21.5 Å². The van der Waals surface area contributed by atoms with Crippen LogP contribution in [0.5, 0.6) is 0 Å². The molecule has 0 saturated heterocycles. The smallest absolute Gasteiger partial charge is 0.259 e. The lowest BCUT2D eigenvalue weighted by atomic mass is 10.4. The monoisotopic (exact) mass is 445 g/mol. The fourth-order valence-electron chi connectivity index (χ4n) is 2.09. The lowest BCUT2D eigenvalue weighted by Gasteiger charge is -2.21. The van der Waals surface area contributed by atoms with Crippen LogP contribution in [0.1, 0.15) is 44.8 Å². The van der Waals surface area contributed by atoms with E-state index in [1.807, 2.05) is 13.8 Å². The van der Waals surface area contributed by atoms with Gasteiger partial charge in [-0.3, -0.25) is 0 Å². The third-order valence-electron chi connectivity index (χ3n) is 3.49. The Morgan fingerprint density at radius 3 is 2.48 bits per heavy atom. The van der Waals surface area contributed by atoms with Crippen molar-refractivity contribution in [2.75, 3.05) is 10.1 Å². The Morgan fingerprint density at radius 2 is 1.93 bits per heavy atom. The molecule has 0 bridgehead atoms. The summed E-state index contributed by atoms with van der Waals surface area (Å²) in [5.74, 6) is -0.695. The first-order valence-corrected chi connectivity index (χ1v) is 11.3. The van der Waals surface area contributed by atoms with E-state index in [-0.39, 0.29) is 29.9 Å². The number of hydrogen-bond donors (Lipinski definition) is 0. The van der Waals surface area contributed by atoms with Crippen molar-refractivity contribution in [2.45, 2.75) is 40.4 Å². The number of nitrogens with zero attached hydrogens (tertiary/aromatic N) is 5. The molecule has 0 N–H and O–H groups in total. The summed E-state index contributed by atoms with van der Waals surface area (Å²) in [5, 5.41) is 7.80. The van der Waals surface area contributed by atoms with Crippen LogP contribution in [0.25, 0.3) is 10.8 Å². The Hall–Kier alpha value is -2.47. The zero-order chi connectivity index (χ0) is 21.6. The number of rotatable bonds is 7. The maximum atomic E-state index is 13.2. The van der Waals surface area contributed by atoms with Gasteiger partial charge < -0.3 is 4.42 Å². The van der Waals surface area contributed by atoms with Gasteiger partial charge in [0, 0.05) is 0 Å². The third-order valence-corrected chi connectivity index (χ3v) is 6.18. The van der Waals surface area contributed by atoms with Gasteiger partial charge in [0.05, 0.1) is 24.7 Å². The van der Waals surface area contributed by atoms with Crippen molar-refractivity contribution < 1.29 is 21.6 Å². The average Bonchev–Trinajstić information content (AvgIpc) is 3.38. The van der Waals surface area contributed by atoms with E-state index in [4.69, 9.17) is 4.42 Å². The van der Waals surface area contributed by atoms with Gasteiger partial charge in [0.15, 0.2) is 6.17 Å². The van der Waals surface area contributed by atoms with E-state index in [2.05, 4.69) is 20.2 Å². The lowest BCUT2D eigenvalue weighted by Crippen LogP contribution is -2.32. The van der Waals surface area contributed by atoms with Gasteiger partial charge in [-0.1, -0.05) is 13.8 Å². The average molecular weight is 446 g/mol. The minimum Gasteiger partial charge on any atom is -0.417 e. The van der Waals surface area contributed by atoms with Crippen molar-refractivity contribution >= 4 is 27.2 Å². The highest BCUT2D eigenvalue weighted by atomic mass is 32.2. The van der Waals surface area contributed by atoms with Gasteiger partial charge >= 0.3 is 0 Å². The second-order valence-electron chi connectivity index (χ2n) is 5.42. The summed E-state index contributed by atoms with van der Waals surface area (Å²) in [6, 6.07) is 2.41. The second-order valence-corrected chi connectivity index (χ2v) is 8.72. The van der Waals surface area contributed by atoms with E-state index in [1.54, 1.807) is 0 Å². The zero-order valence-electron chi connectivity index (χ0n) is 16.3. The molecule has 0 aliphatic rings. The predicted molar refractivity (Wildman–Crippen MR) is 106 cm³/mol. The van der Waals surface area contributed by atoms with Crippen molar-refractivity contribution in [3.05, 3.63) is 41.2 Å². The predicted octanol–water partition coefficient (Wildman–Crippen LogP) is 4.14. The van der Waals surface area contributed by atoms with E-state index in [1.165, 1.54) is 26.1 Å². The molecule has 0 aromatic carbocycles. The molecule has 8 nitrogen and oxygen atoms in total. The summed E-state index contributed by atoms with van der Waals surface area (Å²) in [4.78, 5) is 8.49. The molecular formula is C17H21F2N5O3S2. The van der Waals surface area contributed by atoms with Gasteiger partial charge in [0.25, 0.3) is 11.8 Å². The molecule has 0 spiro atoms. The molecule has 0 aliphatic heterocycles. The molecule has 0 saturated carbocycles. The topological polar surface area (TPSA) is 102 Å². The van der Waals surface area contributed by atoms with E-state index in [9.17, 15) is 17.2 Å². The number of sulfonamides is 1. The molecule has 3 heterocycles. The van der Waals surface area contributed by atoms with Crippen LogP contribution in [0.4, 0.5) is 14.6 Å². The summed E-state index contributed by atoms with van der Waals surface area (Å²) in [6.45, 7) is 6.68. The molecule has 3 rings (SSSR count). The summed E-state index contributed by atoms with van der Waals surface area (Å²) >= 11 is 1.13. The number of aromatic nitrogens is 4. The highest BCUT2D eigenvalue weighted by Crippen LogP contribution is 2.29. The standard InChI is InChI=1S/C15H15F2N5O3S2.C2H6/c1-3-27(23,24)22(12-5-4-10(17)6-18-12)8-13-19-7-11(26-13)15-21-20-14(25-15)9(2)16;1-2/h4-7,9H,3,8H2,1-2H3;1-2H3. The first kappa shape index (κ1) is 22.8. The first-order valence-electron chi connectivity index (χ1n) is 8.84. The number of pyridine rings is 1. The number of anilines is 1. The molecule has 1 unspecified atom stereocenters. The van der Waals surface area contributed by atoms with E-state index < -0.39 is 22.0 Å². The fraction of sp³-hybridized carbons (Fsp3) is 0.412. The summed E-state index contributed by atoms with van der Waals surface area (Å²) in [7, 11) is -3.67. The van der Waals surface area contributed by atoms with Crippen LogP contribution in [0.3, 0.4) is 0 Å².